The number of aromatic amines is 1. The summed E-state index contributed by atoms with van der Waals surface area (Å²) in [6.07, 6.45) is 0. The summed E-state index contributed by atoms with van der Waals surface area (Å²) in [6, 6.07) is 31.9. The van der Waals surface area contributed by atoms with Gasteiger partial charge in [0.25, 0.3) is 0 Å². The zero-order valence-electron chi connectivity index (χ0n) is 13.1. The van der Waals surface area contributed by atoms with Crippen LogP contribution >= 0.6 is 23.5 Å². The number of para-hydroxylation sites is 1. The van der Waals surface area contributed by atoms with E-state index in [4.69, 9.17) is 0 Å². The summed E-state index contributed by atoms with van der Waals surface area (Å²) in [6.45, 7) is 0. The molecule has 0 fully saturated rings. The van der Waals surface area contributed by atoms with E-state index in [2.05, 4.69) is 96.0 Å². The standard InChI is InChI=1S/C21H17NS2/c1-3-10-17(11-4-1)23-21(24-18-12-5-2-6-13-18)20-15-16-9-7-8-14-19(16)22-20/h1-15,21-22H. The topological polar surface area (TPSA) is 15.8 Å². The number of H-pyrrole nitrogens is 1. The molecule has 1 nitrogen and oxygen atoms in total. The van der Waals surface area contributed by atoms with E-state index in [0.29, 0.717) is 0 Å². The number of hydrogen-bond donors (Lipinski definition) is 1. The van der Waals surface area contributed by atoms with Crippen molar-refractivity contribution in [1.29, 1.82) is 0 Å². The van der Waals surface area contributed by atoms with Crippen LogP contribution in [0, 0.1) is 0 Å². The first kappa shape index (κ1) is 15.4. The number of fused-ring (bicyclic) bond motifs is 1. The van der Waals surface area contributed by atoms with Crippen LogP contribution in [0.5, 0.6) is 0 Å². The molecule has 0 atom stereocenters. The van der Waals surface area contributed by atoms with E-state index in [-0.39, 0.29) is 4.58 Å². The number of nitrogens with one attached hydrogen (secondary N) is 1. The maximum Gasteiger partial charge on any atom is 0.0994 e. The van der Waals surface area contributed by atoms with Gasteiger partial charge in [-0.05, 0) is 41.8 Å². The van der Waals surface area contributed by atoms with Crippen molar-refractivity contribution in [3.8, 4) is 0 Å². The maximum absolute atomic E-state index is 3.59. The lowest BCUT2D eigenvalue weighted by Gasteiger charge is -2.15. The summed E-state index contributed by atoms with van der Waals surface area (Å²) in [7, 11) is 0. The van der Waals surface area contributed by atoms with E-state index < -0.39 is 0 Å². The van der Waals surface area contributed by atoms with Gasteiger partial charge in [0.15, 0.2) is 0 Å². The Morgan fingerprint density at radius 3 is 1.75 bits per heavy atom. The van der Waals surface area contributed by atoms with Crippen LogP contribution in [-0.4, -0.2) is 4.98 Å². The van der Waals surface area contributed by atoms with Crippen molar-refractivity contribution in [2.75, 3.05) is 0 Å². The highest BCUT2D eigenvalue weighted by Gasteiger charge is 2.17. The Labute approximate surface area is 150 Å². The second kappa shape index (κ2) is 7.20. The maximum atomic E-state index is 3.59. The first-order valence-corrected chi connectivity index (χ1v) is 9.65. The second-order valence-corrected chi connectivity index (χ2v) is 8.16. The number of rotatable bonds is 5. The van der Waals surface area contributed by atoms with Crippen LogP contribution in [0.2, 0.25) is 0 Å². The fraction of sp³-hybridized carbons (Fsp3) is 0.0476. The van der Waals surface area contributed by atoms with Crippen LogP contribution in [0.4, 0.5) is 0 Å². The molecule has 3 heteroatoms. The molecule has 0 amide bonds. The van der Waals surface area contributed by atoms with E-state index in [0.717, 1.165) is 0 Å². The molecule has 1 aromatic heterocycles. The smallest absolute Gasteiger partial charge is 0.0994 e. The van der Waals surface area contributed by atoms with Gasteiger partial charge in [0.2, 0.25) is 0 Å². The SMILES string of the molecule is c1ccc(SC(Sc2ccccc2)c2cc3ccccc3[nH]2)cc1. The molecular formula is C21H17NS2. The Hall–Kier alpha value is -2.10. The monoisotopic (exact) mass is 347 g/mol. The Kier molecular flexibility index (Phi) is 4.63. The van der Waals surface area contributed by atoms with E-state index in [1.54, 1.807) is 0 Å². The van der Waals surface area contributed by atoms with Crippen molar-refractivity contribution in [1.82, 2.24) is 4.98 Å². The Bertz CT molecular complexity index is 842. The Morgan fingerprint density at radius 2 is 1.17 bits per heavy atom. The largest absolute Gasteiger partial charge is 0.357 e. The highest BCUT2D eigenvalue weighted by molar-refractivity contribution is 8.16. The summed E-state index contributed by atoms with van der Waals surface area (Å²) < 4.78 is 0.280. The van der Waals surface area contributed by atoms with Gasteiger partial charge in [-0.2, -0.15) is 0 Å². The van der Waals surface area contributed by atoms with Crippen molar-refractivity contribution < 1.29 is 0 Å². The molecule has 0 saturated heterocycles. The third-order valence-corrected chi connectivity index (χ3v) is 6.38. The van der Waals surface area contributed by atoms with Gasteiger partial charge >= 0.3 is 0 Å². The molecule has 4 rings (SSSR count). The van der Waals surface area contributed by atoms with Crippen molar-refractivity contribution in [2.24, 2.45) is 0 Å². The fourth-order valence-corrected chi connectivity index (χ4v) is 5.11. The highest BCUT2D eigenvalue weighted by atomic mass is 32.2. The van der Waals surface area contributed by atoms with Gasteiger partial charge in [-0.1, -0.05) is 54.6 Å². The van der Waals surface area contributed by atoms with E-state index >= 15 is 0 Å². The molecule has 1 N–H and O–H groups in total. The number of hydrogen-bond acceptors (Lipinski definition) is 2. The van der Waals surface area contributed by atoms with E-state index in [9.17, 15) is 0 Å². The minimum atomic E-state index is 0.280. The molecule has 0 aliphatic rings. The molecule has 24 heavy (non-hydrogen) atoms. The average Bonchev–Trinajstić information content (AvgIpc) is 3.07. The summed E-state index contributed by atoms with van der Waals surface area (Å²) in [5.74, 6) is 0. The molecule has 4 aromatic rings. The van der Waals surface area contributed by atoms with Gasteiger partial charge in [0.1, 0.15) is 0 Å². The summed E-state index contributed by atoms with van der Waals surface area (Å²) >= 11 is 3.77. The first-order chi connectivity index (χ1) is 11.9. The van der Waals surface area contributed by atoms with Gasteiger partial charge in [-0.3, -0.25) is 0 Å². The molecule has 0 saturated carbocycles. The lowest BCUT2D eigenvalue weighted by molar-refractivity contribution is 1.23. The van der Waals surface area contributed by atoms with Crippen LogP contribution < -0.4 is 0 Å². The summed E-state index contributed by atoms with van der Waals surface area (Å²) in [5, 5.41) is 1.26. The number of thioether (sulfide) groups is 2. The third-order valence-electron chi connectivity index (χ3n) is 3.78. The summed E-state index contributed by atoms with van der Waals surface area (Å²) in [4.78, 5) is 6.16. The van der Waals surface area contributed by atoms with Gasteiger partial charge in [-0.25, -0.2) is 0 Å². The highest BCUT2D eigenvalue weighted by Crippen LogP contribution is 2.47. The molecule has 3 aromatic carbocycles. The second-order valence-electron chi connectivity index (χ2n) is 5.51. The molecule has 0 bridgehead atoms. The molecule has 0 radical (unpaired) electrons. The van der Waals surface area contributed by atoms with Crippen molar-refractivity contribution in [3.05, 3.63) is 96.7 Å². The molecule has 0 spiro atoms. The molecule has 0 unspecified atom stereocenters. The lowest BCUT2D eigenvalue weighted by atomic mass is 10.2. The van der Waals surface area contributed by atoms with Crippen molar-refractivity contribution >= 4 is 34.4 Å². The van der Waals surface area contributed by atoms with Crippen LogP contribution in [0.1, 0.15) is 10.3 Å². The lowest BCUT2D eigenvalue weighted by Crippen LogP contribution is -1.90. The first-order valence-electron chi connectivity index (χ1n) is 7.89. The third kappa shape index (κ3) is 3.53. The Morgan fingerprint density at radius 1 is 0.625 bits per heavy atom. The minimum absolute atomic E-state index is 0.280. The van der Waals surface area contributed by atoms with Crippen LogP contribution in [0.15, 0.2) is 101 Å². The van der Waals surface area contributed by atoms with E-state index in [1.165, 1.54) is 26.4 Å². The van der Waals surface area contributed by atoms with Crippen LogP contribution in [0.25, 0.3) is 10.9 Å². The zero-order chi connectivity index (χ0) is 16.2. The molecule has 0 aliphatic heterocycles. The minimum Gasteiger partial charge on any atom is -0.357 e. The normalized spacial score (nSPS) is 11.2. The van der Waals surface area contributed by atoms with E-state index in [1.807, 2.05) is 23.5 Å². The van der Waals surface area contributed by atoms with Crippen molar-refractivity contribution in [2.45, 2.75) is 14.4 Å². The predicted molar refractivity (Wildman–Crippen MR) is 106 cm³/mol. The Balaban J connectivity index is 1.68. The number of aromatic nitrogens is 1. The van der Waals surface area contributed by atoms with Crippen LogP contribution in [-0.2, 0) is 0 Å². The van der Waals surface area contributed by atoms with Gasteiger partial charge in [0.05, 0.1) is 4.58 Å². The summed E-state index contributed by atoms with van der Waals surface area (Å²) in [5.41, 5.74) is 2.44. The quantitative estimate of drug-likeness (QED) is 0.317. The fourth-order valence-electron chi connectivity index (χ4n) is 2.62. The number of benzene rings is 3. The molecule has 1 heterocycles. The molecule has 118 valence electrons. The molecular weight excluding hydrogens is 330 g/mol. The molecule has 0 aliphatic carbocycles. The van der Waals surface area contributed by atoms with Gasteiger partial charge < -0.3 is 4.98 Å². The zero-order valence-corrected chi connectivity index (χ0v) is 14.7. The van der Waals surface area contributed by atoms with Crippen molar-refractivity contribution in [3.63, 3.8) is 0 Å². The average molecular weight is 348 g/mol. The predicted octanol–water partition coefficient (Wildman–Crippen LogP) is 6.75. The van der Waals surface area contributed by atoms with Gasteiger partial charge in [-0.15, -0.1) is 23.5 Å². The van der Waals surface area contributed by atoms with Gasteiger partial charge in [0, 0.05) is 21.0 Å². The van der Waals surface area contributed by atoms with Crippen LogP contribution in [0.3, 0.4) is 0 Å².